The van der Waals surface area contributed by atoms with Crippen LogP contribution in [0, 0.1) is 0 Å². The predicted octanol–water partition coefficient (Wildman–Crippen LogP) is 2.28. The van der Waals surface area contributed by atoms with Gasteiger partial charge in [-0.3, -0.25) is 0 Å². The molecule has 2 aromatic rings. The molecule has 14 heavy (non-hydrogen) atoms. The highest BCUT2D eigenvalue weighted by molar-refractivity contribution is 7.17. The fourth-order valence-electron chi connectivity index (χ4n) is 1.57. The lowest BCUT2D eigenvalue weighted by molar-refractivity contribution is 0.172. The van der Waals surface area contributed by atoms with E-state index in [1.807, 2.05) is 23.6 Å². The Labute approximate surface area is 87.0 Å². The van der Waals surface area contributed by atoms with Gasteiger partial charge in [-0.05, 0) is 35.4 Å². The van der Waals surface area contributed by atoms with E-state index in [0.29, 0.717) is 13.0 Å². The molecule has 0 saturated carbocycles. The van der Waals surface area contributed by atoms with E-state index in [1.54, 1.807) is 11.3 Å². The molecule has 1 heterocycles. The van der Waals surface area contributed by atoms with Gasteiger partial charge in [0.1, 0.15) is 0 Å². The lowest BCUT2D eigenvalue weighted by atomic mass is 10.1. The van der Waals surface area contributed by atoms with Gasteiger partial charge in [0.15, 0.2) is 0 Å². The zero-order valence-corrected chi connectivity index (χ0v) is 8.63. The van der Waals surface area contributed by atoms with Crippen molar-refractivity contribution in [2.24, 2.45) is 5.73 Å². The number of aliphatic hydroxyl groups excluding tert-OH is 1. The van der Waals surface area contributed by atoms with E-state index in [2.05, 4.69) is 6.07 Å². The highest BCUT2D eigenvalue weighted by atomic mass is 32.1. The third kappa shape index (κ3) is 1.66. The molecule has 1 aromatic carbocycles. The van der Waals surface area contributed by atoms with Crippen molar-refractivity contribution in [1.29, 1.82) is 0 Å². The summed E-state index contributed by atoms with van der Waals surface area (Å²) in [5.41, 5.74) is 6.43. The van der Waals surface area contributed by atoms with Gasteiger partial charge in [-0.2, -0.15) is 0 Å². The molecular weight excluding hydrogens is 194 g/mol. The van der Waals surface area contributed by atoms with E-state index in [0.717, 1.165) is 10.9 Å². The molecule has 0 bridgehead atoms. The molecule has 0 aliphatic heterocycles. The molecule has 0 aliphatic rings. The van der Waals surface area contributed by atoms with E-state index in [4.69, 9.17) is 5.73 Å². The fraction of sp³-hybridized carbons (Fsp3) is 0.273. The second-order valence-electron chi connectivity index (χ2n) is 3.28. The van der Waals surface area contributed by atoms with Gasteiger partial charge in [0.05, 0.1) is 6.10 Å². The first-order chi connectivity index (χ1) is 6.83. The van der Waals surface area contributed by atoms with E-state index < -0.39 is 6.10 Å². The van der Waals surface area contributed by atoms with Crippen LogP contribution in [-0.2, 0) is 0 Å². The van der Waals surface area contributed by atoms with Gasteiger partial charge in [-0.25, -0.2) is 0 Å². The van der Waals surface area contributed by atoms with Crippen molar-refractivity contribution in [3.05, 3.63) is 35.2 Å². The van der Waals surface area contributed by atoms with E-state index in [-0.39, 0.29) is 0 Å². The molecule has 0 saturated heterocycles. The second kappa shape index (κ2) is 4.09. The van der Waals surface area contributed by atoms with E-state index in [1.165, 1.54) is 4.70 Å². The van der Waals surface area contributed by atoms with Crippen LogP contribution in [0.5, 0.6) is 0 Å². The second-order valence-corrected chi connectivity index (χ2v) is 4.19. The van der Waals surface area contributed by atoms with Gasteiger partial charge >= 0.3 is 0 Å². The normalized spacial score (nSPS) is 13.3. The van der Waals surface area contributed by atoms with Crippen molar-refractivity contribution in [2.45, 2.75) is 12.5 Å². The smallest absolute Gasteiger partial charge is 0.0816 e. The molecular formula is C11H13NOS. The maximum Gasteiger partial charge on any atom is 0.0816 e. The lowest BCUT2D eigenvalue weighted by Crippen LogP contribution is -2.05. The van der Waals surface area contributed by atoms with Crippen LogP contribution in [0.2, 0.25) is 0 Å². The zero-order chi connectivity index (χ0) is 9.97. The van der Waals surface area contributed by atoms with Crippen LogP contribution >= 0.6 is 11.3 Å². The van der Waals surface area contributed by atoms with Gasteiger partial charge in [0, 0.05) is 4.70 Å². The Morgan fingerprint density at radius 1 is 1.36 bits per heavy atom. The number of benzene rings is 1. The molecule has 0 aliphatic carbocycles. The molecule has 1 atom stereocenters. The van der Waals surface area contributed by atoms with Crippen LogP contribution in [0.4, 0.5) is 0 Å². The van der Waals surface area contributed by atoms with Crippen molar-refractivity contribution in [3.8, 4) is 0 Å². The highest BCUT2D eigenvalue weighted by Gasteiger charge is 2.11. The maximum atomic E-state index is 9.83. The van der Waals surface area contributed by atoms with Crippen LogP contribution in [0.15, 0.2) is 29.6 Å². The molecule has 0 unspecified atom stereocenters. The molecule has 0 radical (unpaired) electrons. The lowest BCUT2D eigenvalue weighted by Gasteiger charge is -2.07. The molecule has 1 aromatic heterocycles. The summed E-state index contributed by atoms with van der Waals surface area (Å²) in [5, 5.41) is 13.0. The van der Waals surface area contributed by atoms with Crippen molar-refractivity contribution >= 4 is 21.4 Å². The Balaban J connectivity index is 2.42. The first-order valence-electron chi connectivity index (χ1n) is 4.67. The minimum atomic E-state index is -0.420. The summed E-state index contributed by atoms with van der Waals surface area (Å²) in [6.07, 6.45) is 0.205. The Bertz CT molecular complexity index is 424. The van der Waals surface area contributed by atoms with Crippen LogP contribution in [0.25, 0.3) is 10.1 Å². The topological polar surface area (TPSA) is 46.2 Å². The van der Waals surface area contributed by atoms with Crippen molar-refractivity contribution < 1.29 is 5.11 Å². The van der Waals surface area contributed by atoms with Crippen molar-refractivity contribution in [1.82, 2.24) is 0 Å². The van der Waals surface area contributed by atoms with Gasteiger partial charge in [-0.15, -0.1) is 11.3 Å². The SMILES string of the molecule is NCC[C@@H](O)c1csc2ccccc12. The number of nitrogens with two attached hydrogens (primary N) is 1. The standard InChI is InChI=1S/C11H13NOS/c12-6-5-10(13)9-7-14-11-4-2-1-3-8(9)11/h1-4,7,10,13H,5-6,12H2/t10-/m1/s1. The number of rotatable bonds is 3. The molecule has 3 heteroatoms. The van der Waals surface area contributed by atoms with Gasteiger partial charge < -0.3 is 10.8 Å². The Kier molecular flexibility index (Phi) is 2.82. The minimum absolute atomic E-state index is 0.420. The number of aliphatic hydroxyl groups is 1. The average molecular weight is 207 g/mol. The van der Waals surface area contributed by atoms with Crippen LogP contribution in [-0.4, -0.2) is 11.7 Å². The summed E-state index contributed by atoms with van der Waals surface area (Å²) >= 11 is 1.67. The molecule has 0 spiro atoms. The summed E-state index contributed by atoms with van der Waals surface area (Å²) in [5.74, 6) is 0. The van der Waals surface area contributed by atoms with Crippen LogP contribution in [0.3, 0.4) is 0 Å². The minimum Gasteiger partial charge on any atom is -0.388 e. The van der Waals surface area contributed by atoms with Crippen molar-refractivity contribution in [3.63, 3.8) is 0 Å². The van der Waals surface area contributed by atoms with Crippen LogP contribution in [0.1, 0.15) is 18.1 Å². The number of fused-ring (bicyclic) bond motifs is 1. The third-order valence-corrected chi connectivity index (χ3v) is 3.29. The summed E-state index contributed by atoms with van der Waals surface area (Å²) in [4.78, 5) is 0. The summed E-state index contributed by atoms with van der Waals surface area (Å²) in [6.45, 7) is 0.519. The Morgan fingerprint density at radius 3 is 2.93 bits per heavy atom. The van der Waals surface area contributed by atoms with Crippen LogP contribution < -0.4 is 5.73 Å². The zero-order valence-electron chi connectivity index (χ0n) is 7.81. The fourth-order valence-corrected chi connectivity index (χ4v) is 2.58. The number of hydrogen-bond acceptors (Lipinski definition) is 3. The van der Waals surface area contributed by atoms with E-state index >= 15 is 0 Å². The number of thiophene rings is 1. The van der Waals surface area contributed by atoms with Crippen molar-refractivity contribution in [2.75, 3.05) is 6.54 Å². The number of hydrogen-bond donors (Lipinski definition) is 2. The first kappa shape index (κ1) is 9.65. The van der Waals surface area contributed by atoms with Gasteiger partial charge in [0.2, 0.25) is 0 Å². The molecule has 74 valence electrons. The first-order valence-corrected chi connectivity index (χ1v) is 5.55. The Hall–Kier alpha value is -0.900. The Morgan fingerprint density at radius 2 is 2.14 bits per heavy atom. The summed E-state index contributed by atoms with van der Waals surface area (Å²) in [7, 11) is 0. The maximum absolute atomic E-state index is 9.83. The predicted molar refractivity (Wildman–Crippen MR) is 60.5 cm³/mol. The molecule has 0 amide bonds. The summed E-state index contributed by atoms with van der Waals surface area (Å²) in [6, 6.07) is 8.12. The van der Waals surface area contributed by atoms with Gasteiger partial charge in [-0.1, -0.05) is 18.2 Å². The third-order valence-electron chi connectivity index (χ3n) is 2.31. The monoisotopic (exact) mass is 207 g/mol. The van der Waals surface area contributed by atoms with Gasteiger partial charge in [0.25, 0.3) is 0 Å². The van der Waals surface area contributed by atoms with E-state index in [9.17, 15) is 5.11 Å². The highest BCUT2D eigenvalue weighted by Crippen LogP contribution is 2.31. The molecule has 2 nitrogen and oxygen atoms in total. The average Bonchev–Trinajstić information content (AvgIpc) is 2.61. The summed E-state index contributed by atoms with van der Waals surface area (Å²) < 4.78 is 1.22. The molecule has 3 N–H and O–H groups in total. The molecule has 0 fully saturated rings. The molecule has 2 rings (SSSR count). The largest absolute Gasteiger partial charge is 0.388 e. The quantitative estimate of drug-likeness (QED) is 0.811.